The van der Waals surface area contributed by atoms with Gasteiger partial charge in [-0.3, -0.25) is 0 Å². The van der Waals surface area contributed by atoms with Gasteiger partial charge in [-0.2, -0.15) is 13.6 Å². The van der Waals surface area contributed by atoms with Crippen molar-refractivity contribution >= 4 is 10.3 Å². The molecule has 1 aromatic carbocycles. The molecule has 0 spiro atoms. The minimum atomic E-state index is -3.92. The average molecular weight is 271 g/mol. The van der Waals surface area contributed by atoms with E-state index in [-0.39, 0.29) is 5.75 Å². The Morgan fingerprint density at radius 1 is 1.06 bits per heavy atom. The molecule has 0 fully saturated rings. The first-order chi connectivity index (χ1) is 8.51. The molecular formula is C13H21NO3S. The third kappa shape index (κ3) is 6.61. The Hall–Kier alpha value is -1.07. The summed E-state index contributed by atoms with van der Waals surface area (Å²) >= 11 is 0. The van der Waals surface area contributed by atoms with E-state index in [1.54, 1.807) is 12.1 Å². The molecule has 0 saturated heterocycles. The summed E-state index contributed by atoms with van der Waals surface area (Å²) in [7, 11) is -3.92. The molecule has 18 heavy (non-hydrogen) atoms. The Labute approximate surface area is 109 Å². The van der Waals surface area contributed by atoms with Crippen molar-refractivity contribution in [2.75, 3.05) is 0 Å². The van der Waals surface area contributed by atoms with Crippen molar-refractivity contribution in [3.8, 4) is 5.75 Å². The van der Waals surface area contributed by atoms with Gasteiger partial charge in [0.25, 0.3) is 0 Å². The Morgan fingerprint density at radius 3 is 2.22 bits per heavy atom. The molecule has 2 N–H and O–H groups in total. The van der Waals surface area contributed by atoms with Crippen LogP contribution >= 0.6 is 0 Å². The minimum Gasteiger partial charge on any atom is -0.371 e. The largest absolute Gasteiger partial charge is 0.380 e. The monoisotopic (exact) mass is 271 g/mol. The number of hydrogen-bond acceptors (Lipinski definition) is 3. The van der Waals surface area contributed by atoms with Gasteiger partial charge in [0.15, 0.2) is 0 Å². The summed E-state index contributed by atoms with van der Waals surface area (Å²) < 4.78 is 26.0. The number of hydrogen-bond donors (Lipinski definition) is 1. The summed E-state index contributed by atoms with van der Waals surface area (Å²) in [6.45, 7) is 2.20. The Morgan fingerprint density at radius 2 is 1.67 bits per heavy atom. The van der Waals surface area contributed by atoms with Crippen LogP contribution in [0.1, 0.15) is 44.6 Å². The molecule has 1 aromatic rings. The van der Waals surface area contributed by atoms with Gasteiger partial charge in [0.1, 0.15) is 5.75 Å². The minimum absolute atomic E-state index is 0.257. The number of rotatable bonds is 8. The lowest BCUT2D eigenvalue weighted by Crippen LogP contribution is -2.18. The molecule has 0 saturated carbocycles. The van der Waals surface area contributed by atoms with Gasteiger partial charge in [-0.25, -0.2) is 0 Å². The molecule has 0 unspecified atom stereocenters. The predicted octanol–water partition coefficient (Wildman–Crippen LogP) is 2.78. The van der Waals surface area contributed by atoms with E-state index < -0.39 is 10.3 Å². The molecule has 0 radical (unpaired) electrons. The van der Waals surface area contributed by atoms with E-state index in [0.29, 0.717) is 0 Å². The number of nitrogens with two attached hydrogens (primary N) is 1. The second-order valence-corrected chi connectivity index (χ2v) is 5.54. The van der Waals surface area contributed by atoms with Crippen molar-refractivity contribution in [1.29, 1.82) is 0 Å². The van der Waals surface area contributed by atoms with Crippen LogP contribution in [0.4, 0.5) is 0 Å². The second-order valence-electron chi connectivity index (χ2n) is 4.38. The Kier molecular flexibility index (Phi) is 6.15. The zero-order valence-electron chi connectivity index (χ0n) is 10.8. The van der Waals surface area contributed by atoms with E-state index in [0.717, 1.165) is 12.8 Å². The molecule has 0 aliphatic heterocycles. The molecule has 5 heteroatoms. The summed E-state index contributed by atoms with van der Waals surface area (Å²) in [6.07, 6.45) is 7.24. The fraction of sp³-hybridized carbons (Fsp3) is 0.538. The highest BCUT2D eigenvalue weighted by Gasteiger charge is 2.04. The lowest BCUT2D eigenvalue weighted by molar-refractivity contribution is 0.487. The summed E-state index contributed by atoms with van der Waals surface area (Å²) in [5, 5.41) is 4.78. The van der Waals surface area contributed by atoms with Crippen LogP contribution < -0.4 is 9.32 Å². The van der Waals surface area contributed by atoms with Crippen LogP contribution in [-0.4, -0.2) is 8.42 Å². The summed E-state index contributed by atoms with van der Waals surface area (Å²) in [5.74, 6) is 0.257. The molecule has 0 aromatic heterocycles. The van der Waals surface area contributed by atoms with Crippen molar-refractivity contribution in [2.24, 2.45) is 5.14 Å². The maximum Gasteiger partial charge on any atom is 0.380 e. The van der Waals surface area contributed by atoms with Crippen LogP contribution in [0.5, 0.6) is 5.75 Å². The van der Waals surface area contributed by atoms with E-state index >= 15 is 0 Å². The quantitative estimate of drug-likeness (QED) is 0.739. The molecule has 0 bridgehead atoms. The van der Waals surface area contributed by atoms with Crippen LogP contribution in [0, 0.1) is 0 Å². The van der Waals surface area contributed by atoms with Crippen molar-refractivity contribution in [1.82, 2.24) is 0 Å². The zero-order valence-corrected chi connectivity index (χ0v) is 11.6. The van der Waals surface area contributed by atoms with Crippen LogP contribution in [0.2, 0.25) is 0 Å². The molecule has 0 amide bonds. The number of unbranched alkanes of at least 4 members (excludes halogenated alkanes) is 4. The van der Waals surface area contributed by atoms with Crippen LogP contribution in [0.15, 0.2) is 24.3 Å². The van der Waals surface area contributed by atoms with Gasteiger partial charge in [0.05, 0.1) is 0 Å². The topological polar surface area (TPSA) is 69.4 Å². The van der Waals surface area contributed by atoms with Crippen molar-refractivity contribution < 1.29 is 12.6 Å². The fourth-order valence-electron chi connectivity index (χ4n) is 1.78. The molecule has 0 aliphatic carbocycles. The van der Waals surface area contributed by atoms with E-state index in [4.69, 9.17) is 5.14 Å². The average Bonchev–Trinajstić information content (AvgIpc) is 2.29. The van der Waals surface area contributed by atoms with Crippen LogP contribution in [0.3, 0.4) is 0 Å². The summed E-state index contributed by atoms with van der Waals surface area (Å²) in [6, 6.07) is 7.01. The lowest BCUT2D eigenvalue weighted by Gasteiger charge is -2.04. The second kappa shape index (κ2) is 7.38. The SMILES string of the molecule is CCCCCCCc1ccc(OS(N)(=O)=O)cc1. The third-order valence-corrected chi connectivity index (χ3v) is 3.13. The fourth-order valence-corrected chi connectivity index (χ4v) is 2.16. The highest BCUT2D eigenvalue weighted by molar-refractivity contribution is 7.84. The highest BCUT2D eigenvalue weighted by Crippen LogP contribution is 2.15. The number of benzene rings is 1. The first-order valence-corrected chi connectivity index (χ1v) is 7.79. The Balaban J connectivity index is 2.36. The van der Waals surface area contributed by atoms with E-state index in [1.165, 1.54) is 31.2 Å². The Bertz CT molecular complexity index is 440. The zero-order chi connectivity index (χ0) is 13.4. The molecule has 4 nitrogen and oxygen atoms in total. The lowest BCUT2D eigenvalue weighted by atomic mass is 10.1. The van der Waals surface area contributed by atoms with E-state index in [2.05, 4.69) is 11.1 Å². The molecule has 0 heterocycles. The maximum absolute atomic E-state index is 10.7. The van der Waals surface area contributed by atoms with Gasteiger partial charge in [0, 0.05) is 0 Å². The van der Waals surface area contributed by atoms with Crippen LogP contribution in [0.25, 0.3) is 0 Å². The first kappa shape index (κ1) is 15.0. The predicted molar refractivity (Wildman–Crippen MR) is 72.6 cm³/mol. The molecule has 1 rings (SSSR count). The van der Waals surface area contributed by atoms with Gasteiger partial charge in [0.2, 0.25) is 0 Å². The summed E-state index contributed by atoms with van der Waals surface area (Å²) in [5.41, 5.74) is 1.19. The molecule has 0 atom stereocenters. The highest BCUT2D eigenvalue weighted by atomic mass is 32.2. The summed E-state index contributed by atoms with van der Waals surface area (Å²) in [4.78, 5) is 0. The normalized spacial score (nSPS) is 11.4. The van der Waals surface area contributed by atoms with E-state index in [9.17, 15) is 8.42 Å². The maximum atomic E-state index is 10.7. The van der Waals surface area contributed by atoms with E-state index in [1.807, 2.05) is 12.1 Å². The molecule has 0 aliphatic rings. The standard InChI is InChI=1S/C13H21NO3S/c1-2-3-4-5-6-7-12-8-10-13(11-9-12)17-18(14,15)16/h8-11H,2-7H2,1H3,(H2,14,15,16). The van der Waals surface area contributed by atoms with Gasteiger partial charge in [-0.1, -0.05) is 44.7 Å². The van der Waals surface area contributed by atoms with Gasteiger partial charge >= 0.3 is 10.3 Å². The molecule has 102 valence electrons. The first-order valence-electron chi connectivity index (χ1n) is 6.32. The van der Waals surface area contributed by atoms with Crippen LogP contribution in [-0.2, 0) is 16.7 Å². The van der Waals surface area contributed by atoms with Crippen molar-refractivity contribution in [3.05, 3.63) is 29.8 Å². The number of aryl methyl sites for hydroxylation is 1. The van der Waals surface area contributed by atoms with Crippen molar-refractivity contribution in [3.63, 3.8) is 0 Å². The van der Waals surface area contributed by atoms with Crippen molar-refractivity contribution in [2.45, 2.75) is 45.4 Å². The third-order valence-electron chi connectivity index (χ3n) is 2.70. The van der Waals surface area contributed by atoms with Gasteiger partial charge < -0.3 is 4.18 Å². The molecular weight excluding hydrogens is 250 g/mol. The smallest absolute Gasteiger partial charge is 0.371 e. The van der Waals surface area contributed by atoms with Gasteiger partial charge in [-0.05, 0) is 30.5 Å². The van der Waals surface area contributed by atoms with Gasteiger partial charge in [-0.15, -0.1) is 0 Å².